The fourth-order valence-electron chi connectivity index (χ4n) is 2.41. The van der Waals surface area contributed by atoms with Gasteiger partial charge in [-0.05, 0) is 37.0 Å². The molecule has 2 rings (SSSR count). The van der Waals surface area contributed by atoms with E-state index in [0.29, 0.717) is 24.0 Å². The van der Waals surface area contributed by atoms with E-state index in [2.05, 4.69) is 0 Å². The summed E-state index contributed by atoms with van der Waals surface area (Å²) in [6.07, 6.45) is 4.94. The van der Waals surface area contributed by atoms with Crippen LogP contribution in [0.2, 0.25) is 0 Å². The van der Waals surface area contributed by atoms with Gasteiger partial charge < -0.3 is 10.5 Å². The number of benzene rings is 1. The highest BCUT2D eigenvalue weighted by Crippen LogP contribution is 2.29. The third-order valence-electron chi connectivity index (χ3n) is 3.71. The van der Waals surface area contributed by atoms with E-state index in [1.165, 1.54) is 56.2 Å². The quantitative estimate of drug-likeness (QED) is 0.845. The number of sulfonamides is 1. The molecular weight excluding hydrogens is 276 g/mol. The van der Waals surface area contributed by atoms with E-state index >= 15 is 0 Å². The first-order valence-corrected chi connectivity index (χ1v) is 8.30. The highest BCUT2D eigenvalue weighted by atomic mass is 32.2. The molecule has 1 fully saturated rings. The van der Waals surface area contributed by atoms with Gasteiger partial charge in [-0.3, -0.25) is 0 Å². The topological polar surface area (TPSA) is 72.6 Å². The predicted molar refractivity (Wildman–Crippen MR) is 79.2 cm³/mol. The van der Waals surface area contributed by atoms with Crippen LogP contribution in [0.1, 0.15) is 25.7 Å². The van der Waals surface area contributed by atoms with Gasteiger partial charge >= 0.3 is 0 Å². The Balaban J connectivity index is 2.09. The minimum absolute atomic E-state index is 0.188. The fourth-order valence-corrected chi connectivity index (χ4v) is 3.35. The first-order valence-electron chi connectivity index (χ1n) is 6.86. The average molecular weight is 298 g/mol. The van der Waals surface area contributed by atoms with Gasteiger partial charge in [-0.1, -0.05) is 12.8 Å². The summed E-state index contributed by atoms with van der Waals surface area (Å²) in [6.45, 7) is 0.657. The third-order valence-corrected chi connectivity index (χ3v) is 5.52. The first-order chi connectivity index (χ1) is 9.41. The van der Waals surface area contributed by atoms with Crippen molar-refractivity contribution < 1.29 is 13.2 Å². The molecule has 0 aromatic heterocycles. The van der Waals surface area contributed by atoms with Crippen molar-refractivity contribution in [1.29, 1.82) is 0 Å². The summed E-state index contributed by atoms with van der Waals surface area (Å²) in [6, 6.07) is 4.63. The highest BCUT2D eigenvalue weighted by molar-refractivity contribution is 7.89. The second kappa shape index (κ2) is 6.01. The Kier molecular flexibility index (Phi) is 4.55. The number of nitrogen functional groups attached to an aromatic ring is 1. The molecule has 0 radical (unpaired) electrons. The lowest BCUT2D eigenvalue weighted by atomic mass is 10.1. The van der Waals surface area contributed by atoms with E-state index in [0.717, 1.165) is 0 Å². The molecule has 5 nitrogen and oxygen atoms in total. The van der Waals surface area contributed by atoms with Crippen molar-refractivity contribution in [3.05, 3.63) is 18.2 Å². The maximum Gasteiger partial charge on any atom is 0.242 e. The fraction of sp³-hybridized carbons (Fsp3) is 0.571. The van der Waals surface area contributed by atoms with Crippen LogP contribution >= 0.6 is 0 Å². The van der Waals surface area contributed by atoms with Crippen molar-refractivity contribution in [3.63, 3.8) is 0 Å². The predicted octanol–water partition coefficient (Wildman–Crippen LogP) is 2.09. The molecular formula is C14H22N2O3S. The van der Waals surface area contributed by atoms with Gasteiger partial charge in [0.2, 0.25) is 10.0 Å². The molecule has 112 valence electrons. The Morgan fingerprint density at radius 2 is 1.95 bits per heavy atom. The maximum absolute atomic E-state index is 12.0. The minimum Gasteiger partial charge on any atom is -0.491 e. The van der Waals surface area contributed by atoms with Crippen molar-refractivity contribution in [1.82, 2.24) is 4.31 Å². The summed E-state index contributed by atoms with van der Waals surface area (Å²) in [7, 11) is -0.457. The van der Waals surface area contributed by atoms with Crippen LogP contribution in [-0.2, 0) is 10.0 Å². The molecule has 2 N–H and O–H groups in total. The zero-order valence-corrected chi connectivity index (χ0v) is 12.8. The Hall–Kier alpha value is -1.27. The highest BCUT2D eigenvalue weighted by Gasteiger charge is 2.19. The van der Waals surface area contributed by atoms with Crippen molar-refractivity contribution >= 4 is 15.7 Å². The second-order valence-electron chi connectivity index (χ2n) is 5.45. The largest absolute Gasteiger partial charge is 0.491 e. The molecule has 0 bridgehead atoms. The molecule has 1 saturated carbocycles. The van der Waals surface area contributed by atoms with E-state index in [-0.39, 0.29) is 4.90 Å². The van der Waals surface area contributed by atoms with E-state index < -0.39 is 10.0 Å². The zero-order valence-electron chi connectivity index (χ0n) is 12.0. The smallest absolute Gasteiger partial charge is 0.242 e. The van der Waals surface area contributed by atoms with Crippen LogP contribution in [0.3, 0.4) is 0 Å². The van der Waals surface area contributed by atoms with E-state index in [1.54, 1.807) is 6.07 Å². The lowest BCUT2D eigenvalue weighted by Crippen LogP contribution is -2.22. The summed E-state index contributed by atoms with van der Waals surface area (Å²) >= 11 is 0. The molecule has 0 spiro atoms. The third kappa shape index (κ3) is 3.24. The van der Waals surface area contributed by atoms with E-state index in [9.17, 15) is 8.42 Å². The molecule has 6 heteroatoms. The molecule has 1 aromatic carbocycles. The normalized spacial score (nSPS) is 16.8. The SMILES string of the molecule is CN(C)S(=O)(=O)c1ccc(OCC2CCCC2)c(N)c1. The standard InChI is InChI=1S/C14H22N2O3S/c1-16(2)20(17,18)12-7-8-14(13(15)9-12)19-10-11-5-3-4-6-11/h7-9,11H,3-6,10,15H2,1-2H3. The van der Waals surface area contributed by atoms with Gasteiger partial charge in [-0.15, -0.1) is 0 Å². The van der Waals surface area contributed by atoms with E-state index in [1.807, 2.05) is 0 Å². The number of anilines is 1. The summed E-state index contributed by atoms with van der Waals surface area (Å²) in [5, 5.41) is 0. The number of nitrogens with two attached hydrogens (primary N) is 1. The molecule has 0 unspecified atom stereocenters. The number of ether oxygens (including phenoxy) is 1. The van der Waals surface area contributed by atoms with Crippen LogP contribution in [0.5, 0.6) is 5.75 Å². The Morgan fingerprint density at radius 1 is 1.30 bits per heavy atom. The van der Waals surface area contributed by atoms with Crippen molar-refractivity contribution in [3.8, 4) is 5.75 Å². The van der Waals surface area contributed by atoms with Crippen LogP contribution < -0.4 is 10.5 Å². The summed E-state index contributed by atoms with van der Waals surface area (Å²) in [5.41, 5.74) is 6.26. The van der Waals surface area contributed by atoms with E-state index in [4.69, 9.17) is 10.5 Å². The van der Waals surface area contributed by atoms with Crippen LogP contribution in [0.4, 0.5) is 5.69 Å². The Morgan fingerprint density at radius 3 is 2.50 bits per heavy atom. The summed E-state index contributed by atoms with van der Waals surface area (Å²) in [5.74, 6) is 1.16. The van der Waals surface area contributed by atoms with Gasteiger partial charge in [0, 0.05) is 14.1 Å². The number of rotatable bonds is 5. The first kappa shape index (κ1) is 15.1. The maximum atomic E-state index is 12.0. The van der Waals surface area contributed by atoms with Crippen LogP contribution in [0.25, 0.3) is 0 Å². The lowest BCUT2D eigenvalue weighted by Gasteiger charge is -2.15. The molecule has 0 saturated heterocycles. The molecule has 1 aromatic rings. The molecule has 0 amide bonds. The molecule has 0 heterocycles. The monoisotopic (exact) mass is 298 g/mol. The molecule has 0 aliphatic heterocycles. The van der Waals surface area contributed by atoms with Gasteiger partial charge in [0.15, 0.2) is 0 Å². The summed E-state index contributed by atoms with van der Waals surface area (Å²) in [4.78, 5) is 0.188. The van der Waals surface area contributed by atoms with Gasteiger partial charge in [0.05, 0.1) is 17.2 Å². The Bertz CT molecular complexity index is 564. The molecule has 1 aliphatic carbocycles. The van der Waals surface area contributed by atoms with Gasteiger partial charge in [-0.25, -0.2) is 12.7 Å². The van der Waals surface area contributed by atoms with Crippen LogP contribution in [0, 0.1) is 5.92 Å². The van der Waals surface area contributed by atoms with Crippen LogP contribution in [-0.4, -0.2) is 33.4 Å². The average Bonchev–Trinajstić information content (AvgIpc) is 2.90. The molecule has 1 aliphatic rings. The zero-order chi connectivity index (χ0) is 14.8. The van der Waals surface area contributed by atoms with Gasteiger partial charge in [-0.2, -0.15) is 0 Å². The Labute approximate surface area is 120 Å². The molecule has 20 heavy (non-hydrogen) atoms. The molecule has 0 atom stereocenters. The van der Waals surface area contributed by atoms with Crippen molar-refractivity contribution in [2.45, 2.75) is 30.6 Å². The minimum atomic E-state index is -3.45. The number of hydrogen-bond acceptors (Lipinski definition) is 4. The van der Waals surface area contributed by atoms with Gasteiger partial charge in [0.1, 0.15) is 5.75 Å². The number of nitrogens with zero attached hydrogens (tertiary/aromatic N) is 1. The van der Waals surface area contributed by atoms with Crippen LogP contribution in [0.15, 0.2) is 23.1 Å². The lowest BCUT2D eigenvalue weighted by molar-refractivity contribution is 0.253. The van der Waals surface area contributed by atoms with Crippen molar-refractivity contribution in [2.75, 3.05) is 26.4 Å². The summed E-state index contributed by atoms with van der Waals surface area (Å²) < 4.78 is 30.9. The van der Waals surface area contributed by atoms with Gasteiger partial charge in [0.25, 0.3) is 0 Å². The van der Waals surface area contributed by atoms with Crippen molar-refractivity contribution in [2.24, 2.45) is 5.92 Å². The number of hydrogen-bond donors (Lipinski definition) is 1. The second-order valence-corrected chi connectivity index (χ2v) is 7.60.